The van der Waals surface area contributed by atoms with Gasteiger partial charge in [-0.2, -0.15) is 0 Å². The van der Waals surface area contributed by atoms with Gasteiger partial charge in [0.1, 0.15) is 0 Å². The summed E-state index contributed by atoms with van der Waals surface area (Å²) in [7, 11) is -2.95. The van der Waals surface area contributed by atoms with Gasteiger partial charge in [0.25, 0.3) is 0 Å². The van der Waals surface area contributed by atoms with Crippen molar-refractivity contribution in [2.75, 3.05) is 6.61 Å². The number of ether oxygens (including phenoxy) is 1. The van der Waals surface area contributed by atoms with Crippen LogP contribution in [0.2, 0.25) is 14.9 Å². The fourth-order valence-corrected chi connectivity index (χ4v) is 14.8. The fraction of sp³-hybridized carbons (Fsp3) is 0.111. The van der Waals surface area contributed by atoms with Gasteiger partial charge >= 0.3 is 256 Å². The minimum absolute atomic E-state index is 0.291. The SMILES string of the molecule is [CH3][Sn]([CH3])(/[CH]=C/[C@H](COc1cccc(Cl)c1)O[Si](c1ccccc1)(c1ccccc1)c1ccccc1)[c]1ccccc1. The van der Waals surface area contributed by atoms with Gasteiger partial charge in [0, 0.05) is 0 Å². The van der Waals surface area contributed by atoms with Gasteiger partial charge in [-0.05, 0) is 0 Å². The van der Waals surface area contributed by atoms with Crippen LogP contribution in [0.1, 0.15) is 0 Å². The molecule has 2 nitrogen and oxygen atoms in total. The number of hydrogen-bond donors (Lipinski definition) is 0. The van der Waals surface area contributed by atoms with Gasteiger partial charge in [-0.25, -0.2) is 0 Å². The first kappa shape index (κ1) is 29.4. The van der Waals surface area contributed by atoms with Gasteiger partial charge in [0.2, 0.25) is 0 Å². The van der Waals surface area contributed by atoms with Crippen molar-refractivity contribution in [3.05, 3.63) is 161 Å². The van der Waals surface area contributed by atoms with Crippen molar-refractivity contribution in [2.24, 2.45) is 0 Å². The van der Waals surface area contributed by atoms with Gasteiger partial charge in [-0.15, -0.1) is 0 Å². The second-order valence-electron chi connectivity index (χ2n) is 10.7. The molecule has 206 valence electrons. The molecule has 5 rings (SSSR count). The van der Waals surface area contributed by atoms with Gasteiger partial charge < -0.3 is 0 Å². The van der Waals surface area contributed by atoms with Crippen LogP contribution in [0.25, 0.3) is 0 Å². The van der Waals surface area contributed by atoms with Crippen molar-refractivity contribution in [1.29, 1.82) is 0 Å². The van der Waals surface area contributed by atoms with E-state index >= 15 is 0 Å². The van der Waals surface area contributed by atoms with Crippen molar-refractivity contribution in [3.63, 3.8) is 0 Å². The quantitative estimate of drug-likeness (QED) is 0.117. The van der Waals surface area contributed by atoms with Crippen LogP contribution >= 0.6 is 11.6 Å². The average molecular weight is 682 g/mol. The molecule has 0 spiro atoms. The first-order valence-electron chi connectivity index (χ1n) is 13.9. The molecule has 0 saturated heterocycles. The molecule has 5 aromatic rings. The summed E-state index contributed by atoms with van der Waals surface area (Å²) in [5.41, 5.74) is 0. The standard InChI is InChI=1S/C28H24ClO2Si.C6H5.2CH3.Sn/c1-2-24(22-30-25-14-12-13-23(29)21-25)31-32(26-15-6-3-7-16-26,27-17-8-4-9-18-27)28-19-10-5-11-20-28;1-2-4-6-5-3-1;;;/h1-21,24H,22H2;1-5H;2*1H3;/t24-;;;;/m1..../s1. The van der Waals surface area contributed by atoms with Crippen molar-refractivity contribution < 1.29 is 9.16 Å². The molecular formula is C36H35ClO2SiSn. The Bertz CT molecular complexity index is 1450. The Labute approximate surface area is 254 Å². The summed E-state index contributed by atoms with van der Waals surface area (Å²) in [6.45, 7) is 0.370. The summed E-state index contributed by atoms with van der Waals surface area (Å²) in [4.78, 5) is 4.87. The normalized spacial score (nSPS) is 12.8. The van der Waals surface area contributed by atoms with Crippen LogP contribution in [-0.2, 0) is 4.43 Å². The topological polar surface area (TPSA) is 18.5 Å². The molecule has 0 aliphatic rings. The minimum atomic E-state index is -2.95. The Morgan fingerprint density at radius 1 is 0.659 bits per heavy atom. The summed E-state index contributed by atoms with van der Waals surface area (Å²) in [5.74, 6) is 0.733. The summed E-state index contributed by atoms with van der Waals surface area (Å²) in [6.07, 6.45) is 1.98. The molecule has 5 aromatic carbocycles. The van der Waals surface area contributed by atoms with Crippen LogP contribution in [0, 0.1) is 0 Å². The molecular weight excluding hydrogens is 647 g/mol. The summed E-state index contributed by atoms with van der Waals surface area (Å²) in [6, 6.07) is 50.5. The number of rotatable bonds is 11. The monoisotopic (exact) mass is 682 g/mol. The Kier molecular flexibility index (Phi) is 9.83. The predicted molar refractivity (Wildman–Crippen MR) is 178 cm³/mol. The van der Waals surface area contributed by atoms with Crippen molar-refractivity contribution >= 4 is 57.4 Å². The molecule has 0 heterocycles. The van der Waals surface area contributed by atoms with Crippen LogP contribution < -0.4 is 23.9 Å². The first-order chi connectivity index (χ1) is 20.0. The second kappa shape index (κ2) is 13.7. The Morgan fingerprint density at radius 3 is 1.63 bits per heavy atom. The maximum atomic E-state index is 7.51. The zero-order valence-electron chi connectivity index (χ0n) is 23.5. The first-order valence-corrected chi connectivity index (χ1v) is 25.0. The zero-order valence-corrected chi connectivity index (χ0v) is 28.1. The molecule has 0 unspecified atom stereocenters. The molecule has 5 heteroatoms. The van der Waals surface area contributed by atoms with Crippen molar-refractivity contribution in [2.45, 2.75) is 16.0 Å². The molecule has 0 bridgehead atoms. The van der Waals surface area contributed by atoms with Gasteiger partial charge in [0.05, 0.1) is 0 Å². The number of benzene rings is 5. The Morgan fingerprint density at radius 2 is 1.15 bits per heavy atom. The van der Waals surface area contributed by atoms with E-state index in [0.717, 1.165) is 5.75 Å². The Balaban J connectivity index is 1.61. The third kappa shape index (κ3) is 7.22. The van der Waals surface area contributed by atoms with E-state index < -0.39 is 26.7 Å². The fourth-order valence-electron chi connectivity index (χ4n) is 5.13. The molecule has 0 aliphatic heterocycles. The molecule has 0 fully saturated rings. The van der Waals surface area contributed by atoms with E-state index in [1.54, 1.807) is 0 Å². The summed E-state index contributed by atoms with van der Waals surface area (Å²) >= 11 is 3.52. The maximum absolute atomic E-state index is 7.51. The zero-order chi connectivity index (χ0) is 28.5. The van der Waals surface area contributed by atoms with E-state index in [-0.39, 0.29) is 6.10 Å². The van der Waals surface area contributed by atoms with Gasteiger partial charge in [-0.1, -0.05) is 0 Å². The van der Waals surface area contributed by atoms with Crippen molar-refractivity contribution in [1.82, 2.24) is 0 Å². The van der Waals surface area contributed by atoms with Crippen LogP contribution in [0.15, 0.2) is 156 Å². The van der Waals surface area contributed by atoms with Crippen LogP contribution in [-0.4, -0.2) is 39.4 Å². The predicted octanol–water partition coefficient (Wildman–Crippen LogP) is 6.48. The van der Waals surface area contributed by atoms with E-state index in [1.807, 2.05) is 24.3 Å². The number of halogens is 1. The van der Waals surface area contributed by atoms with Crippen LogP contribution in [0.4, 0.5) is 0 Å². The molecule has 41 heavy (non-hydrogen) atoms. The van der Waals surface area contributed by atoms with Gasteiger partial charge in [-0.3, -0.25) is 0 Å². The summed E-state index contributed by atoms with van der Waals surface area (Å²) < 4.78 is 17.8. The molecule has 0 amide bonds. The molecule has 0 aliphatic carbocycles. The third-order valence-corrected chi connectivity index (χ3v) is 19.8. The molecule has 0 N–H and O–H groups in total. The molecule has 0 saturated carbocycles. The van der Waals surface area contributed by atoms with E-state index in [0.29, 0.717) is 11.6 Å². The van der Waals surface area contributed by atoms with Crippen LogP contribution in [0.3, 0.4) is 0 Å². The van der Waals surface area contributed by atoms with Crippen LogP contribution in [0.5, 0.6) is 5.75 Å². The molecule has 1 atom stereocenters. The second-order valence-corrected chi connectivity index (χ2v) is 26.8. The summed E-state index contributed by atoms with van der Waals surface area (Å²) in [5, 5.41) is 4.25. The van der Waals surface area contributed by atoms with Gasteiger partial charge in [0.15, 0.2) is 0 Å². The number of hydrogen-bond acceptors (Lipinski definition) is 2. The Hall–Kier alpha value is -3.09. The molecule has 0 aromatic heterocycles. The van der Waals surface area contributed by atoms with E-state index in [1.165, 1.54) is 19.1 Å². The third-order valence-electron chi connectivity index (χ3n) is 7.32. The van der Waals surface area contributed by atoms with E-state index in [9.17, 15) is 0 Å². The average Bonchev–Trinajstić information content (AvgIpc) is 3.02. The van der Waals surface area contributed by atoms with Crippen molar-refractivity contribution in [3.8, 4) is 5.75 Å². The van der Waals surface area contributed by atoms with E-state index in [4.69, 9.17) is 20.8 Å². The van der Waals surface area contributed by atoms with E-state index in [2.05, 4.69) is 141 Å². The molecule has 0 radical (unpaired) electrons.